The van der Waals surface area contributed by atoms with Crippen LogP contribution in [0.15, 0.2) is 64.3 Å². The maximum Gasteiger partial charge on any atom is 0.294 e. The molecule has 0 bridgehead atoms. The minimum absolute atomic E-state index is 0.00485. The fraction of sp³-hybridized carbons (Fsp3) is 0.0526. The molecule has 30 heavy (non-hydrogen) atoms. The maximum absolute atomic E-state index is 12.8. The molecule has 1 amide bonds. The average Bonchev–Trinajstić information content (AvgIpc) is 3.38. The Labute approximate surface area is 169 Å². The van der Waals surface area contributed by atoms with Crippen molar-refractivity contribution in [3.05, 3.63) is 65.9 Å². The predicted octanol–water partition coefficient (Wildman–Crippen LogP) is 1.76. The molecule has 11 heteroatoms. The minimum Gasteiger partial charge on any atom is -0.508 e. The normalized spacial score (nSPS) is 11.4. The van der Waals surface area contributed by atoms with Gasteiger partial charge < -0.3 is 10.8 Å². The van der Waals surface area contributed by atoms with Crippen molar-refractivity contribution in [2.24, 2.45) is 5.10 Å². The lowest BCUT2D eigenvalue weighted by Gasteiger charge is -2.06. The predicted molar refractivity (Wildman–Crippen MR) is 107 cm³/mol. The highest BCUT2D eigenvalue weighted by Gasteiger charge is 2.25. The first-order valence-corrected chi connectivity index (χ1v) is 8.78. The fourth-order valence-corrected chi connectivity index (χ4v) is 2.73. The van der Waals surface area contributed by atoms with Gasteiger partial charge in [0.05, 0.1) is 5.71 Å². The highest BCUT2D eigenvalue weighted by atomic mass is 16.6. The number of hydrogen-bond acceptors (Lipinski definition) is 9. The van der Waals surface area contributed by atoms with Crippen molar-refractivity contribution in [3.8, 4) is 22.8 Å². The number of nitrogen functional groups attached to an aromatic ring is 1. The number of nitrogens with zero attached hydrogens (tertiary/aromatic N) is 6. The molecule has 2 aromatic carbocycles. The molecule has 4 rings (SSSR count). The van der Waals surface area contributed by atoms with E-state index in [0.717, 1.165) is 5.56 Å². The number of rotatable bonds is 5. The van der Waals surface area contributed by atoms with Gasteiger partial charge in [0.2, 0.25) is 11.6 Å². The molecule has 0 aliphatic heterocycles. The van der Waals surface area contributed by atoms with Gasteiger partial charge in [-0.3, -0.25) is 4.79 Å². The first kappa shape index (κ1) is 18.8. The number of anilines is 1. The standard InChI is InChI=1S/C19H16N8O3/c1-11(12-7-9-14(28)10-8-12)21-23-19(29)15-16(13-5-3-2-4-6-13)27(26-22-15)18-17(20)24-30-25-18/h2-10,28H,1H3,(H2,20,24)(H,23,29)/b21-11-. The summed E-state index contributed by atoms with van der Waals surface area (Å²) in [5.41, 5.74) is 10.6. The van der Waals surface area contributed by atoms with Gasteiger partial charge in [-0.25, -0.2) is 10.1 Å². The van der Waals surface area contributed by atoms with Crippen molar-refractivity contribution in [1.82, 2.24) is 30.7 Å². The van der Waals surface area contributed by atoms with Crippen LogP contribution in [0.4, 0.5) is 5.82 Å². The van der Waals surface area contributed by atoms with Crippen molar-refractivity contribution in [2.75, 3.05) is 5.73 Å². The van der Waals surface area contributed by atoms with Gasteiger partial charge in [-0.1, -0.05) is 35.5 Å². The molecule has 0 aliphatic carbocycles. The fourth-order valence-electron chi connectivity index (χ4n) is 2.73. The van der Waals surface area contributed by atoms with Crippen LogP contribution in [0.1, 0.15) is 23.0 Å². The zero-order chi connectivity index (χ0) is 21.1. The van der Waals surface area contributed by atoms with E-state index in [1.165, 1.54) is 16.8 Å². The van der Waals surface area contributed by atoms with E-state index in [0.29, 0.717) is 17.0 Å². The monoisotopic (exact) mass is 404 g/mol. The number of hydrazone groups is 1. The van der Waals surface area contributed by atoms with Crippen LogP contribution in [0.25, 0.3) is 17.1 Å². The summed E-state index contributed by atoms with van der Waals surface area (Å²) in [6, 6.07) is 15.5. The van der Waals surface area contributed by atoms with Crippen LogP contribution >= 0.6 is 0 Å². The summed E-state index contributed by atoms with van der Waals surface area (Å²) in [5.74, 6) is -0.316. The van der Waals surface area contributed by atoms with E-state index >= 15 is 0 Å². The summed E-state index contributed by atoms with van der Waals surface area (Å²) in [4.78, 5) is 12.8. The molecule has 4 aromatic rings. The van der Waals surface area contributed by atoms with Gasteiger partial charge in [-0.2, -0.15) is 9.78 Å². The Hall–Kier alpha value is -4.54. The second-order valence-electron chi connectivity index (χ2n) is 6.22. The second kappa shape index (κ2) is 7.83. The van der Waals surface area contributed by atoms with Crippen LogP contribution in [0, 0.1) is 0 Å². The molecular weight excluding hydrogens is 388 g/mol. The number of nitrogens with two attached hydrogens (primary N) is 1. The van der Waals surface area contributed by atoms with Crippen LogP contribution in [-0.4, -0.2) is 42.0 Å². The minimum atomic E-state index is -0.576. The third-order valence-corrected chi connectivity index (χ3v) is 4.24. The molecule has 2 heterocycles. The zero-order valence-corrected chi connectivity index (χ0v) is 15.7. The first-order chi connectivity index (χ1) is 14.5. The van der Waals surface area contributed by atoms with Crippen molar-refractivity contribution >= 4 is 17.4 Å². The Balaban J connectivity index is 1.69. The number of carbonyl (C=O) groups excluding carboxylic acids is 1. The van der Waals surface area contributed by atoms with Crippen molar-refractivity contribution in [3.63, 3.8) is 0 Å². The number of phenols is 1. The molecule has 0 atom stereocenters. The number of nitrogens with one attached hydrogen (secondary N) is 1. The third-order valence-electron chi connectivity index (χ3n) is 4.24. The van der Waals surface area contributed by atoms with Gasteiger partial charge in [-0.15, -0.1) is 5.10 Å². The van der Waals surface area contributed by atoms with Crippen LogP contribution in [0.3, 0.4) is 0 Å². The Bertz CT molecular complexity index is 1210. The maximum atomic E-state index is 12.8. The highest BCUT2D eigenvalue weighted by molar-refractivity contribution is 6.02. The van der Waals surface area contributed by atoms with E-state index in [1.54, 1.807) is 31.2 Å². The van der Waals surface area contributed by atoms with Gasteiger partial charge in [-0.05, 0) is 47.1 Å². The van der Waals surface area contributed by atoms with E-state index in [2.05, 4.69) is 35.8 Å². The Morgan fingerprint density at radius 1 is 1.13 bits per heavy atom. The summed E-state index contributed by atoms with van der Waals surface area (Å²) in [6.45, 7) is 1.73. The number of amides is 1. The Morgan fingerprint density at radius 2 is 1.87 bits per heavy atom. The molecule has 0 unspecified atom stereocenters. The second-order valence-corrected chi connectivity index (χ2v) is 6.22. The third kappa shape index (κ3) is 3.58. The lowest BCUT2D eigenvalue weighted by Crippen LogP contribution is -2.21. The zero-order valence-electron chi connectivity index (χ0n) is 15.7. The SMILES string of the molecule is C/C(=N/NC(=O)c1nnn(-c2nonc2N)c1-c1ccccc1)c1ccc(O)cc1. The lowest BCUT2D eigenvalue weighted by molar-refractivity contribution is 0.0950. The smallest absolute Gasteiger partial charge is 0.294 e. The summed E-state index contributed by atoms with van der Waals surface area (Å²) >= 11 is 0. The van der Waals surface area contributed by atoms with E-state index in [1.807, 2.05) is 18.2 Å². The Kier molecular flexibility index (Phi) is 4.91. The molecule has 2 aromatic heterocycles. The van der Waals surface area contributed by atoms with Crippen molar-refractivity contribution < 1.29 is 14.5 Å². The molecule has 0 saturated carbocycles. The number of aromatic nitrogens is 5. The highest BCUT2D eigenvalue weighted by Crippen LogP contribution is 2.26. The topological polar surface area (TPSA) is 157 Å². The number of phenolic OH excluding ortho intramolecular Hbond substituents is 1. The molecule has 150 valence electrons. The number of hydrogen-bond donors (Lipinski definition) is 3. The van der Waals surface area contributed by atoms with Gasteiger partial charge in [0.1, 0.15) is 11.4 Å². The molecule has 0 spiro atoms. The lowest BCUT2D eigenvalue weighted by atomic mass is 10.1. The molecule has 0 fully saturated rings. The van der Waals surface area contributed by atoms with E-state index < -0.39 is 5.91 Å². The molecule has 4 N–H and O–H groups in total. The summed E-state index contributed by atoms with van der Waals surface area (Å²) < 4.78 is 5.93. The van der Waals surface area contributed by atoms with Gasteiger partial charge >= 0.3 is 0 Å². The summed E-state index contributed by atoms with van der Waals surface area (Å²) in [6.07, 6.45) is 0. The number of carbonyl (C=O) groups is 1. The molecule has 0 radical (unpaired) electrons. The van der Waals surface area contributed by atoms with Crippen molar-refractivity contribution in [2.45, 2.75) is 6.92 Å². The van der Waals surface area contributed by atoms with Gasteiger partial charge in [0, 0.05) is 5.56 Å². The van der Waals surface area contributed by atoms with Gasteiger partial charge in [0.25, 0.3) is 5.91 Å². The van der Waals surface area contributed by atoms with Crippen LogP contribution < -0.4 is 11.2 Å². The number of aromatic hydroxyl groups is 1. The van der Waals surface area contributed by atoms with Gasteiger partial charge in [0.15, 0.2) is 5.69 Å². The average molecular weight is 404 g/mol. The largest absolute Gasteiger partial charge is 0.508 e. The van der Waals surface area contributed by atoms with Crippen molar-refractivity contribution in [1.29, 1.82) is 0 Å². The molecule has 0 saturated heterocycles. The Morgan fingerprint density at radius 3 is 2.53 bits per heavy atom. The van der Waals surface area contributed by atoms with E-state index in [9.17, 15) is 9.90 Å². The van der Waals surface area contributed by atoms with Crippen LogP contribution in [0.5, 0.6) is 5.75 Å². The molecular formula is C19H16N8O3. The van der Waals surface area contributed by atoms with E-state index in [4.69, 9.17) is 5.73 Å². The quantitative estimate of drug-likeness (QED) is 0.335. The number of benzene rings is 2. The molecule has 0 aliphatic rings. The van der Waals surface area contributed by atoms with Crippen LogP contribution in [0.2, 0.25) is 0 Å². The first-order valence-electron chi connectivity index (χ1n) is 8.78. The summed E-state index contributed by atoms with van der Waals surface area (Å²) in [5, 5.41) is 28.8. The summed E-state index contributed by atoms with van der Waals surface area (Å²) in [7, 11) is 0. The van der Waals surface area contributed by atoms with Crippen LogP contribution in [-0.2, 0) is 0 Å². The van der Waals surface area contributed by atoms with E-state index in [-0.39, 0.29) is 23.1 Å². The molecule has 11 nitrogen and oxygen atoms in total.